The number of sulfonamides is 1. The van der Waals surface area contributed by atoms with Crippen LogP contribution in [0, 0.1) is 20.8 Å². The Morgan fingerprint density at radius 1 is 0.766 bits per heavy atom. The van der Waals surface area contributed by atoms with Crippen LogP contribution in [0.4, 0.5) is 5.69 Å². The molecule has 4 aromatic rings. The van der Waals surface area contributed by atoms with E-state index in [4.69, 9.17) is 0 Å². The molecule has 1 atom stereocenters. The van der Waals surface area contributed by atoms with Crippen molar-refractivity contribution < 1.29 is 18.0 Å². The molecule has 7 nitrogen and oxygen atoms in total. The number of carbonyl (C=O) groups excluding carboxylic acids is 2. The molecule has 0 radical (unpaired) electrons. The third-order valence-electron chi connectivity index (χ3n) is 9.15. The van der Waals surface area contributed by atoms with E-state index in [2.05, 4.69) is 5.32 Å². The molecule has 1 aliphatic carbocycles. The molecule has 0 bridgehead atoms. The first-order valence-corrected chi connectivity index (χ1v) is 17.9. The van der Waals surface area contributed by atoms with Gasteiger partial charge < -0.3 is 10.2 Å². The first-order chi connectivity index (χ1) is 22.6. The summed E-state index contributed by atoms with van der Waals surface area (Å²) in [5.74, 6) is -0.671. The smallest absolute Gasteiger partial charge is 0.264 e. The van der Waals surface area contributed by atoms with Crippen molar-refractivity contribution in [1.82, 2.24) is 10.2 Å². The number of hydrogen-bond acceptors (Lipinski definition) is 4. The van der Waals surface area contributed by atoms with Crippen LogP contribution in [-0.4, -0.2) is 43.8 Å². The average Bonchev–Trinajstić information content (AvgIpc) is 3.08. The minimum Gasteiger partial charge on any atom is -0.352 e. The van der Waals surface area contributed by atoms with Crippen LogP contribution in [0.2, 0.25) is 0 Å². The summed E-state index contributed by atoms with van der Waals surface area (Å²) in [7, 11) is -4.15. The van der Waals surface area contributed by atoms with Gasteiger partial charge in [-0.2, -0.15) is 0 Å². The third-order valence-corrected chi connectivity index (χ3v) is 10.9. The predicted molar refractivity (Wildman–Crippen MR) is 188 cm³/mol. The number of aryl methyl sites for hydroxylation is 2. The van der Waals surface area contributed by atoms with Crippen LogP contribution in [0.3, 0.4) is 0 Å². The number of anilines is 1. The summed E-state index contributed by atoms with van der Waals surface area (Å²) in [6, 6.07) is 30.5. The maximum absolute atomic E-state index is 14.7. The molecule has 4 aromatic carbocycles. The van der Waals surface area contributed by atoms with E-state index in [9.17, 15) is 18.0 Å². The van der Waals surface area contributed by atoms with E-state index < -0.39 is 28.5 Å². The fourth-order valence-electron chi connectivity index (χ4n) is 6.23. The molecule has 246 valence electrons. The Morgan fingerprint density at radius 2 is 1.38 bits per heavy atom. The van der Waals surface area contributed by atoms with Crippen LogP contribution in [0.5, 0.6) is 0 Å². The molecule has 1 fully saturated rings. The molecule has 0 unspecified atom stereocenters. The topological polar surface area (TPSA) is 86.8 Å². The summed E-state index contributed by atoms with van der Waals surface area (Å²) in [6.07, 6.45) is 5.39. The second-order valence-corrected chi connectivity index (χ2v) is 14.5. The van der Waals surface area contributed by atoms with Gasteiger partial charge in [-0.25, -0.2) is 8.42 Å². The summed E-state index contributed by atoms with van der Waals surface area (Å²) >= 11 is 0. The zero-order valence-electron chi connectivity index (χ0n) is 27.6. The number of rotatable bonds is 12. The second kappa shape index (κ2) is 15.4. The largest absolute Gasteiger partial charge is 0.352 e. The summed E-state index contributed by atoms with van der Waals surface area (Å²) < 4.78 is 29.9. The molecule has 0 heterocycles. The Morgan fingerprint density at radius 3 is 2.02 bits per heavy atom. The summed E-state index contributed by atoms with van der Waals surface area (Å²) in [4.78, 5) is 30.6. The molecule has 0 saturated heterocycles. The first kappa shape index (κ1) is 33.9. The first-order valence-electron chi connectivity index (χ1n) is 16.5. The van der Waals surface area contributed by atoms with Crippen LogP contribution in [0.1, 0.15) is 59.9 Å². The van der Waals surface area contributed by atoms with E-state index in [1.54, 1.807) is 41.3 Å². The minimum absolute atomic E-state index is 0.0524. The molecule has 47 heavy (non-hydrogen) atoms. The van der Waals surface area contributed by atoms with Crippen LogP contribution < -0.4 is 9.62 Å². The maximum Gasteiger partial charge on any atom is 0.264 e. The highest BCUT2D eigenvalue weighted by molar-refractivity contribution is 7.92. The maximum atomic E-state index is 14.7. The van der Waals surface area contributed by atoms with Gasteiger partial charge in [0.1, 0.15) is 12.6 Å². The molecule has 0 aromatic heterocycles. The molecule has 0 spiro atoms. The van der Waals surface area contributed by atoms with Crippen LogP contribution in [-0.2, 0) is 32.6 Å². The zero-order valence-corrected chi connectivity index (χ0v) is 28.4. The SMILES string of the molecule is Cc1ccc(S(=O)(=O)N(CC(=O)N(Cc2ccccc2)[C@H](Cc2ccccc2)C(=O)NC2CCCCC2)c2cccc(C)c2C)cc1. The van der Waals surface area contributed by atoms with Gasteiger partial charge in [-0.1, -0.05) is 110 Å². The van der Waals surface area contributed by atoms with Crippen molar-refractivity contribution in [2.24, 2.45) is 0 Å². The highest BCUT2D eigenvalue weighted by atomic mass is 32.2. The van der Waals surface area contributed by atoms with Gasteiger partial charge in [-0.3, -0.25) is 13.9 Å². The Hall–Kier alpha value is -4.43. The molecule has 1 saturated carbocycles. The van der Waals surface area contributed by atoms with Gasteiger partial charge in [-0.05, 0) is 74.1 Å². The van der Waals surface area contributed by atoms with Crippen molar-refractivity contribution in [3.05, 3.63) is 131 Å². The van der Waals surface area contributed by atoms with Crippen molar-refractivity contribution in [3.63, 3.8) is 0 Å². The lowest BCUT2D eigenvalue weighted by Gasteiger charge is -2.35. The number of nitrogens with zero attached hydrogens (tertiary/aromatic N) is 2. The molecule has 5 rings (SSSR count). The van der Waals surface area contributed by atoms with Crippen molar-refractivity contribution >= 4 is 27.5 Å². The van der Waals surface area contributed by atoms with Gasteiger partial charge in [0.2, 0.25) is 11.8 Å². The lowest BCUT2D eigenvalue weighted by molar-refractivity contribution is -0.140. The Kier molecular flexibility index (Phi) is 11.1. The van der Waals surface area contributed by atoms with E-state index >= 15 is 0 Å². The molecule has 1 aliphatic rings. The van der Waals surface area contributed by atoms with Gasteiger partial charge in [0.25, 0.3) is 10.0 Å². The highest BCUT2D eigenvalue weighted by Crippen LogP contribution is 2.30. The molecule has 1 N–H and O–H groups in total. The molecular weight excluding hydrogens is 607 g/mol. The van der Waals surface area contributed by atoms with E-state index in [0.717, 1.165) is 59.9 Å². The third kappa shape index (κ3) is 8.49. The molecule has 0 aliphatic heterocycles. The van der Waals surface area contributed by atoms with Gasteiger partial charge >= 0.3 is 0 Å². The van der Waals surface area contributed by atoms with E-state index in [1.165, 1.54) is 4.31 Å². The van der Waals surface area contributed by atoms with Crippen molar-refractivity contribution in [1.29, 1.82) is 0 Å². The van der Waals surface area contributed by atoms with Crippen LogP contribution >= 0.6 is 0 Å². The number of amides is 2. The molecule has 8 heteroatoms. The van der Waals surface area contributed by atoms with Crippen LogP contribution in [0.25, 0.3) is 0 Å². The average molecular weight is 652 g/mol. The number of hydrogen-bond donors (Lipinski definition) is 1. The van der Waals surface area contributed by atoms with E-state index in [-0.39, 0.29) is 23.4 Å². The quantitative estimate of drug-likeness (QED) is 0.181. The zero-order chi connectivity index (χ0) is 33.4. The second-order valence-electron chi connectivity index (χ2n) is 12.6. The van der Waals surface area contributed by atoms with Crippen LogP contribution in [0.15, 0.2) is 108 Å². The molecule has 2 amide bonds. The fraction of sp³-hybridized carbons (Fsp3) is 0.333. The van der Waals surface area contributed by atoms with Gasteiger partial charge in [0.15, 0.2) is 0 Å². The Labute approximate surface area is 279 Å². The number of nitrogens with one attached hydrogen (secondary N) is 1. The van der Waals surface area contributed by atoms with E-state index in [0.29, 0.717) is 12.1 Å². The summed E-state index contributed by atoms with van der Waals surface area (Å²) in [5, 5.41) is 3.26. The van der Waals surface area contributed by atoms with Gasteiger partial charge in [-0.15, -0.1) is 0 Å². The fourth-order valence-corrected chi connectivity index (χ4v) is 7.71. The van der Waals surface area contributed by atoms with Crippen molar-refractivity contribution in [2.75, 3.05) is 10.8 Å². The lowest BCUT2D eigenvalue weighted by atomic mass is 9.94. The lowest BCUT2D eigenvalue weighted by Crippen LogP contribution is -2.55. The standard InChI is InChI=1S/C39H45N3O4S/c1-29-22-24-35(25-23-29)47(45,46)42(36-21-13-14-30(2)31(36)3)28-38(43)41(27-33-17-9-5-10-18-33)37(26-32-15-7-4-8-16-32)39(44)40-34-19-11-6-12-20-34/h4-5,7-10,13-18,21-25,34,37H,6,11-12,19-20,26-28H2,1-3H3,(H,40,44)/t37-/m1/s1. The highest BCUT2D eigenvalue weighted by Gasteiger charge is 2.36. The summed E-state index contributed by atoms with van der Waals surface area (Å²) in [6.45, 7) is 5.37. The van der Waals surface area contributed by atoms with Gasteiger partial charge in [0.05, 0.1) is 10.6 Å². The van der Waals surface area contributed by atoms with E-state index in [1.807, 2.05) is 87.5 Å². The van der Waals surface area contributed by atoms with Gasteiger partial charge in [0, 0.05) is 19.0 Å². The predicted octanol–water partition coefficient (Wildman–Crippen LogP) is 6.90. The molecular formula is C39H45N3O4S. The Balaban J connectivity index is 1.57. The van der Waals surface area contributed by atoms with Crippen molar-refractivity contribution in [3.8, 4) is 0 Å². The number of carbonyl (C=O) groups is 2. The minimum atomic E-state index is -4.15. The Bertz CT molecular complexity index is 1750. The van der Waals surface area contributed by atoms with Crippen molar-refractivity contribution in [2.45, 2.75) is 82.8 Å². The monoisotopic (exact) mass is 651 g/mol. The number of benzene rings is 4. The normalized spacial score (nSPS) is 14.3. The summed E-state index contributed by atoms with van der Waals surface area (Å²) in [5.41, 5.74) is 4.81.